The third-order valence-electron chi connectivity index (χ3n) is 6.16. The number of rotatable bonds is 17. The molecule has 4 atom stereocenters. The van der Waals surface area contributed by atoms with Crippen LogP contribution >= 0.6 is 11.8 Å². The van der Waals surface area contributed by atoms with Crippen LogP contribution in [0, 0.1) is 0 Å². The molecule has 0 aromatic heterocycles. The van der Waals surface area contributed by atoms with Gasteiger partial charge in [-0.25, -0.2) is 4.79 Å². The lowest BCUT2D eigenvalue weighted by Gasteiger charge is -2.25. The van der Waals surface area contributed by atoms with Crippen molar-refractivity contribution in [2.24, 2.45) is 5.73 Å². The van der Waals surface area contributed by atoms with Crippen molar-refractivity contribution in [1.82, 2.24) is 16.0 Å². The summed E-state index contributed by atoms with van der Waals surface area (Å²) in [5.41, 5.74) is 7.12. The van der Waals surface area contributed by atoms with Crippen LogP contribution in [-0.2, 0) is 36.8 Å². The predicted octanol–water partition coefficient (Wildman–Crippen LogP) is 0.662. The van der Waals surface area contributed by atoms with Crippen molar-refractivity contribution in [2.45, 2.75) is 56.3 Å². The minimum atomic E-state index is -1.24. The molecule has 0 aliphatic heterocycles. The van der Waals surface area contributed by atoms with Gasteiger partial charge in [0.2, 0.25) is 17.7 Å². The molecule has 0 aliphatic rings. The first-order valence-electron chi connectivity index (χ1n) is 12.9. The summed E-state index contributed by atoms with van der Waals surface area (Å²) >= 11 is 1.43. The van der Waals surface area contributed by atoms with Crippen molar-refractivity contribution in [3.8, 4) is 5.75 Å². The number of carboxylic acids is 2. The van der Waals surface area contributed by atoms with E-state index in [4.69, 9.17) is 10.8 Å². The van der Waals surface area contributed by atoms with Gasteiger partial charge in [0, 0.05) is 19.3 Å². The van der Waals surface area contributed by atoms with E-state index in [2.05, 4.69) is 16.0 Å². The highest BCUT2D eigenvalue weighted by Gasteiger charge is 2.30. The molecule has 0 bridgehead atoms. The van der Waals surface area contributed by atoms with Gasteiger partial charge in [0.25, 0.3) is 0 Å². The predicted molar refractivity (Wildman–Crippen MR) is 153 cm³/mol. The first kappa shape index (κ1) is 33.1. The van der Waals surface area contributed by atoms with Gasteiger partial charge in [-0.05, 0) is 48.1 Å². The number of thioether (sulfide) groups is 1. The molecule has 0 spiro atoms. The van der Waals surface area contributed by atoms with E-state index in [0.717, 1.165) is 0 Å². The number of aromatic hydroxyl groups is 1. The van der Waals surface area contributed by atoms with Crippen LogP contribution in [0.2, 0.25) is 0 Å². The molecule has 2 aromatic rings. The number of phenols is 1. The highest BCUT2D eigenvalue weighted by Crippen LogP contribution is 2.13. The second-order valence-corrected chi connectivity index (χ2v) is 10.4. The molecule has 41 heavy (non-hydrogen) atoms. The van der Waals surface area contributed by atoms with Gasteiger partial charge in [-0.3, -0.25) is 19.2 Å². The molecule has 13 heteroatoms. The molecule has 0 heterocycles. The molecule has 222 valence electrons. The second kappa shape index (κ2) is 16.9. The molecular weight excluding hydrogens is 552 g/mol. The molecule has 0 fully saturated rings. The van der Waals surface area contributed by atoms with Gasteiger partial charge < -0.3 is 37.0 Å². The Morgan fingerprint density at radius 1 is 0.756 bits per heavy atom. The highest BCUT2D eigenvalue weighted by molar-refractivity contribution is 7.98. The van der Waals surface area contributed by atoms with Gasteiger partial charge in [-0.1, -0.05) is 42.5 Å². The van der Waals surface area contributed by atoms with Crippen LogP contribution in [0.1, 0.15) is 30.4 Å². The van der Waals surface area contributed by atoms with E-state index in [9.17, 15) is 34.2 Å². The molecule has 3 amide bonds. The van der Waals surface area contributed by atoms with E-state index in [1.807, 2.05) is 6.26 Å². The Kier molecular flexibility index (Phi) is 13.6. The number of nitrogens with two attached hydrogens (primary N) is 1. The number of hydrogen-bond acceptors (Lipinski definition) is 8. The van der Waals surface area contributed by atoms with Gasteiger partial charge >= 0.3 is 11.9 Å². The number of carbonyl (C=O) groups excluding carboxylic acids is 3. The molecule has 4 unspecified atom stereocenters. The van der Waals surface area contributed by atoms with E-state index in [1.54, 1.807) is 42.5 Å². The zero-order chi connectivity index (χ0) is 30.4. The summed E-state index contributed by atoms with van der Waals surface area (Å²) in [6.45, 7) is 0. The maximum atomic E-state index is 13.4. The van der Waals surface area contributed by atoms with Crippen molar-refractivity contribution >= 4 is 41.4 Å². The molecule has 0 saturated heterocycles. The third kappa shape index (κ3) is 11.9. The fourth-order valence-electron chi connectivity index (χ4n) is 3.86. The quantitative estimate of drug-likeness (QED) is 0.137. The van der Waals surface area contributed by atoms with Crippen LogP contribution < -0.4 is 21.7 Å². The topological polar surface area (TPSA) is 208 Å². The van der Waals surface area contributed by atoms with Crippen molar-refractivity contribution in [3.63, 3.8) is 0 Å². The third-order valence-corrected chi connectivity index (χ3v) is 6.80. The Morgan fingerprint density at radius 2 is 1.29 bits per heavy atom. The number of phenolic OH excluding ortho intramolecular Hbond substituents is 1. The SMILES string of the molecule is CSCCC(NC(=O)C(Cc1ccc(O)cc1)NC(=O)C(N)CCC(=O)O)C(=O)NC(Cc1ccccc1)C(=O)O. The number of benzene rings is 2. The zero-order valence-electron chi connectivity index (χ0n) is 22.6. The van der Waals surface area contributed by atoms with Crippen LogP contribution in [0.5, 0.6) is 5.75 Å². The van der Waals surface area contributed by atoms with Gasteiger partial charge in [-0.2, -0.15) is 11.8 Å². The van der Waals surface area contributed by atoms with Crippen molar-refractivity contribution in [2.75, 3.05) is 12.0 Å². The summed E-state index contributed by atoms with van der Waals surface area (Å²) in [4.78, 5) is 62.1. The highest BCUT2D eigenvalue weighted by atomic mass is 32.2. The summed E-state index contributed by atoms with van der Waals surface area (Å²) < 4.78 is 0. The van der Waals surface area contributed by atoms with Gasteiger partial charge in [-0.15, -0.1) is 0 Å². The minimum absolute atomic E-state index is 0.00627. The van der Waals surface area contributed by atoms with Gasteiger partial charge in [0.1, 0.15) is 23.9 Å². The largest absolute Gasteiger partial charge is 0.508 e. The summed E-state index contributed by atoms with van der Waals surface area (Å²) in [7, 11) is 0. The number of hydrogen-bond donors (Lipinski definition) is 7. The van der Waals surface area contributed by atoms with E-state index >= 15 is 0 Å². The summed E-state index contributed by atoms with van der Waals surface area (Å²) in [5, 5.41) is 35.8. The molecule has 2 rings (SSSR count). The monoisotopic (exact) mass is 588 g/mol. The summed E-state index contributed by atoms with van der Waals surface area (Å²) in [6.07, 6.45) is 1.54. The van der Waals surface area contributed by atoms with Crippen LogP contribution in [0.4, 0.5) is 0 Å². The normalized spacial score (nSPS) is 13.7. The fraction of sp³-hybridized carbons (Fsp3) is 0.393. The van der Waals surface area contributed by atoms with Crippen LogP contribution in [0.3, 0.4) is 0 Å². The van der Waals surface area contributed by atoms with Crippen LogP contribution in [0.15, 0.2) is 54.6 Å². The minimum Gasteiger partial charge on any atom is -0.508 e. The van der Waals surface area contributed by atoms with Crippen molar-refractivity contribution < 1.29 is 39.3 Å². The lowest BCUT2D eigenvalue weighted by Crippen LogP contribution is -2.58. The number of aliphatic carboxylic acids is 2. The molecule has 0 radical (unpaired) electrons. The Hall–Kier alpha value is -4.10. The van der Waals surface area contributed by atoms with E-state index in [0.29, 0.717) is 16.9 Å². The van der Waals surface area contributed by atoms with Gasteiger partial charge in [0.15, 0.2) is 0 Å². The van der Waals surface area contributed by atoms with Crippen LogP contribution in [0.25, 0.3) is 0 Å². The Labute approximate surface area is 242 Å². The van der Waals surface area contributed by atoms with Crippen LogP contribution in [-0.4, -0.2) is 81.2 Å². The van der Waals surface area contributed by atoms with Crippen molar-refractivity contribution in [1.29, 1.82) is 0 Å². The Morgan fingerprint density at radius 3 is 1.88 bits per heavy atom. The molecule has 8 N–H and O–H groups in total. The molecule has 2 aromatic carbocycles. The first-order valence-corrected chi connectivity index (χ1v) is 14.3. The average molecular weight is 589 g/mol. The Balaban J connectivity index is 2.21. The smallest absolute Gasteiger partial charge is 0.326 e. The van der Waals surface area contributed by atoms with E-state index in [1.165, 1.54) is 23.9 Å². The average Bonchev–Trinajstić information content (AvgIpc) is 2.94. The molecular formula is C28H36N4O8S. The lowest BCUT2D eigenvalue weighted by molar-refractivity contribution is -0.142. The maximum Gasteiger partial charge on any atom is 0.326 e. The standard InChI is InChI=1S/C28H36N4O8S/c1-41-14-13-21(26(37)32-23(28(39)40)16-17-5-3-2-4-6-17)30-27(38)22(15-18-7-9-19(33)10-8-18)31-25(36)20(29)11-12-24(34)35/h2-10,20-23,33H,11-16,29H2,1H3,(H,30,38)(H,31,36)(H,32,37)(H,34,35)(H,39,40). The molecule has 12 nitrogen and oxygen atoms in total. The zero-order valence-corrected chi connectivity index (χ0v) is 23.4. The van der Waals surface area contributed by atoms with E-state index in [-0.39, 0.29) is 37.9 Å². The second-order valence-electron chi connectivity index (χ2n) is 9.40. The first-order chi connectivity index (χ1) is 19.5. The lowest BCUT2D eigenvalue weighted by atomic mass is 10.0. The number of carbonyl (C=O) groups is 5. The summed E-state index contributed by atoms with van der Waals surface area (Å²) in [5.74, 6) is -4.03. The number of nitrogens with one attached hydrogen (secondary N) is 3. The number of carboxylic acid groups (broad SMARTS) is 2. The number of amides is 3. The van der Waals surface area contributed by atoms with E-state index < -0.39 is 53.8 Å². The maximum absolute atomic E-state index is 13.4. The van der Waals surface area contributed by atoms with Gasteiger partial charge in [0.05, 0.1) is 6.04 Å². The fourth-order valence-corrected chi connectivity index (χ4v) is 4.34. The van der Waals surface area contributed by atoms with Crippen molar-refractivity contribution in [3.05, 3.63) is 65.7 Å². The Bertz CT molecular complexity index is 1180. The molecule has 0 aliphatic carbocycles. The summed E-state index contributed by atoms with van der Waals surface area (Å²) in [6, 6.07) is 10.0. The molecule has 0 saturated carbocycles.